The van der Waals surface area contributed by atoms with E-state index in [9.17, 15) is 4.79 Å². The van der Waals surface area contributed by atoms with Gasteiger partial charge in [-0.3, -0.25) is 4.68 Å². The monoisotopic (exact) mass is 183 g/mol. The standard InChI is InChI=1S/C8H13N3O2/c1-3-4-13-8(12)6-5-11(2)10-7(6)9/h5H,3-4H2,1-2H3,(H2,9,10). The van der Waals surface area contributed by atoms with Crippen molar-refractivity contribution < 1.29 is 9.53 Å². The van der Waals surface area contributed by atoms with Crippen molar-refractivity contribution in [3.05, 3.63) is 11.8 Å². The molecule has 2 N–H and O–H groups in total. The lowest BCUT2D eigenvalue weighted by molar-refractivity contribution is 0.0506. The molecule has 0 radical (unpaired) electrons. The van der Waals surface area contributed by atoms with Crippen LogP contribution in [0, 0.1) is 0 Å². The first-order valence-corrected chi connectivity index (χ1v) is 4.11. The summed E-state index contributed by atoms with van der Waals surface area (Å²) in [5, 5.41) is 3.83. The minimum Gasteiger partial charge on any atom is -0.462 e. The summed E-state index contributed by atoms with van der Waals surface area (Å²) in [6, 6.07) is 0. The van der Waals surface area contributed by atoms with Gasteiger partial charge in [-0.05, 0) is 6.42 Å². The maximum atomic E-state index is 11.3. The number of ether oxygens (including phenoxy) is 1. The summed E-state index contributed by atoms with van der Waals surface area (Å²) in [5.74, 6) is -0.198. The van der Waals surface area contributed by atoms with Crippen LogP contribution in [0.15, 0.2) is 6.20 Å². The quantitative estimate of drug-likeness (QED) is 0.695. The molecule has 1 aromatic heterocycles. The van der Waals surface area contributed by atoms with E-state index in [0.717, 1.165) is 6.42 Å². The number of esters is 1. The van der Waals surface area contributed by atoms with E-state index < -0.39 is 5.97 Å². The lowest BCUT2D eigenvalue weighted by atomic mass is 10.3. The molecular formula is C8H13N3O2. The highest BCUT2D eigenvalue weighted by Crippen LogP contribution is 2.09. The van der Waals surface area contributed by atoms with Gasteiger partial charge in [0.25, 0.3) is 0 Å². The minimum absolute atomic E-state index is 0.212. The summed E-state index contributed by atoms with van der Waals surface area (Å²) in [7, 11) is 1.70. The average Bonchev–Trinajstić information content (AvgIpc) is 2.41. The molecule has 0 fully saturated rings. The molecule has 5 nitrogen and oxygen atoms in total. The molecule has 0 saturated heterocycles. The van der Waals surface area contributed by atoms with Crippen molar-refractivity contribution in [3.63, 3.8) is 0 Å². The molecule has 5 heteroatoms. The topological polar surface area (TPSA) is 70.1 Å². The van der Waals surface area contributed by atoms with Crippen LogP contribution in [-0.2, 0) is 11.8 Å². The third-order valence-corrected chi connectivity index (χ3v) is 1.51. The maximum Gasteiger partial charge on any atom is 0.343 e. The zero-order chi connectivity index (χ0) is 9.84. The van der Waals surface area contributed by atoms with Gasteiger partial charge >= 0.3 is 5.97 Å². The third-order valence-electron chi connectivity index (χ3n) is 1.51. The third kappa shape index (κ3) is 2.21. The average molecular weight is 183 g/mol. The van der Waals surface area contributed by atoms with E-state index in [0.29, 0.717) is 12.2 Å². The first kappa shape index (κ1) is 9.57. The summed E-state index contributed by atoms with van der Waals surface area (Å²) in [5.41, 5.74) is 5.81. The lowest BCUT2D eigenvalue weighted by Crippen LogP contribution is -2.07. The molecule has 0 unspecified atom stereocenters. The Morgan fingerprint density at radius 1 is 1.77 bits per heavy atom. The predicted octanol–water partition coefficient (Wildman–Crippen LogP) is 0.569. The molecule has 0 amide bonds. The van der Waals surface area contributed by atoms with E-state index in [1.807, 2.05) is 6.92 Å². The van der Waals surface area contributed by atoms with Crippen LogP contribution in [0.2, 0.25) is 0 Å². The Hall–Kier alpha value is -1.52. The number of nitrogen functional groups attached to an aromatic ring is 1. The van der Waals surface area contributed by atoms with Crippen molar-refractivity contribution in [2.75, 3.05) is 12.3 Å². The second-order valence-corrected chi connectivity index (χ2v) is 2.74. The molecule has 0 saturated carbocycles. The number of hydrogen-bond donors (Lipinski definition) is 1. The zero-order valence-electron chi connectivity index (χ0n) is 7.78. The molecule has 1 heterocycles. The van der Waals surface area contributed by atoms with Gasteiger partial charge in [-0.15, -0.1) is 0 Å². The van der Waals surface area contributed by atoms with Gasteiger partial charge < -0.3 is 10.5 Å². The summed E-state index contributed by atoms with van der Waals surface area (Å²) in [6.07, 6.45) is 2.35. The second kappa shape index (κ2) is 3.93. The molecule has 72 valence electrons. The SMILES string of the molecule is CCCOC(=O)c1cn(C)nc1N. The van der Waals surface area contributed by atoms with Gasteiger partial charge in [0, 0.05) is 13.2 Å². The molecule has 0 spiro atoms. The van der Waals surface area contributed by atoms with E-state index >= 15 is 0 Å². The molecule has 0 bridgehead atoms. The zero-order valence-corrected chi connectivity index (χ0v) is 7.78. The second-order valence-electron chi connectivity index (χ2n) is 2.74. The molecule has 1 rings (SSSR count). The summed E-state index contributed by atoms with van der Waals surface area (Å²) < 4.78 is 6.38. The Balaban J connectivity index is 2.70. The van der Waals surface area contributed by atoms with E-state index in [-0.39, 0.29) is 5.82 Å². The van der Waals surface area contributed by atoms with Crippen molar-refractivity contribution in [1.29, 1.82) is 0 Å². The fourth-order valence-corrected chi connectivity index (χ4v) is 0.935. The van der Waals surface area contributed by atoms with Crippen LogP contribution in [0.3, 0.4) is 0 Å². The van der Waals surface area contributed by atoms with Gasteiger partial charge in [0.05, 0.1) is 6.61 Å². The van der Waals surface area contributed by atoms with Gasteiger partial charge in [-0.1, -0.05) is 6.92 Å². The van der Waals surface area contributed by atoms with E-state index in [2.05, 4.69) is 5.10 Å². The molecule has 1 aromatic rings. The molecule has 0 aliphatic rings. The fourth-order valence-electron chi connectivity index (χ4n) is 0.935. The number of anilines is 1. The van der Waals surface area contributed by atoms with Crippen LogP contribution in [0.25, 0.3) is 0 Å². The smallest absolute Gasteiger partial charge is 0.343 e. The Labute approximate surface area is 76.5 Å². The summed E-state index contributed by atoms with van der Waals surface area (Å²) >= 11 is 0. The maximum absolute atomic E-state index is 11.3. The number of nitrogens with two attached hydrogens (primary N) is 1. The Bertz CT molecular complexity index is 306. The van der Waals surface area contributed by atoms with Gasteiger partial charge in [0.1, 0.15) is 5.56 Å². The first-order valence-electron chi connectivity index (χ1n) is 4.11. The molecule has 13 heavy (non-hydrogen) atoms. The van der Waals surface area contributed by atoms with Crippen molar-refractivity contribution >= 4 is 11.8 Å². The van der Waals surface area contributed by atoms with Crippen LogP contribution in [0.5, 0.6) is 0 Å². The van der Waals surface area contributed by atoms with Gasteiger partial charge in [0.2, 0.25) is 0 Å². The number of aryl methyl sites for hydroxylation is 1. The predicted molar refractivity (Wildman–Crippen MR) is 48.2 cm³/mol. The van der Waals surface area contributed by atoms with Crippen molar-refractivity contribution in [1.82, 2.24) is 9.78 Å². The fraction of sp³-hybridized carbons (Fsp3) is 0.500. The summed E-state index contributed by atoms with van der Waals surface area (Å²) in [6.45, 7) is 2.34. The number of carbonyl (C=O) groups excluding carboxylic acids is 1. The number of hydrogen-bond acceptors (Lipinski definition) is 4. The highest BCUT2D eigenvalue weighted by Gasteiger charge is 2.13. The van der Waals surface area contributed by atoms with Crippen LogP contribution >= 0.6 is 0 Å². The molecule has 0 aliphatic heterocycles. The largest absolute Gasteiger partial charge is 0.462 e. The van der Waals surface area contributed by atoms with Crippen LogP contribution in [0.4, 0.5) is 5.82 Å². The first-order chi connectivity index (χ1) is 6.15. The van der Waals surface area contributed by atoms with Gasteiger partial charge in [-0.25, -0.2) is 4.79 Å². The number of nitrogens with zero attached hydrogens (tertiary/aromatic N) is 2. The van der Waals surface area contributed by atoms with E-state index in [4.69, 9.17) is 10.5 Å². The normalized spacial score (nSPS) is 10.0. The van der Waals surface area contributed by atoms with E-state index in [1.54, 1.807) is 13.2 Å². The van der Waals surface area contributed by atoms with Crippen LogP contribution in [0.1, 0.15) is 23.7 Å². The number of rotatable bonds is 3. The molecule has 0 atom stereocenters. The highest BCUT2D eigenvalue weighted by molar-refractivity contribution is 5.93. The van der Waals surface area contributed by atoms with Crippen molar-refractivity contribution in [2.45, 2.75) is 13.3 Å². The summed E-state index contributed by atoms with van der Waals surface area (Å²) in [4.78, 5) is 11.3. The Morgan fingerprint density at radius 2 is 2.46 bits per heavy atom. The number of carbonyl (C=O) groups is 1. The minimum atomic E-state index is -0.410. The van der Waals surface area contributed by atoms with Crippen LogP contribution < -0.4 is 5.73 Å². The Kier molecular flexibility index (Phi) is 2.89. The lowest BCUT2D eigenvalue weighted by Gasteiger charge is -1.99. The van der Waals surface area contributed by atoms with E-state index in [1.165, 1.54) is 4.68 Å². The number of aromatic nitrogens is 2. The molecule has 0 aliphatic carbocycles. The highest BCUT2D eigenvalue weighted by atomic mass is 16.5. The van der Waals surface area contributed by atoms with Gasteiger partial charge in [0.15, 0.2) is 5.82 Å². The van der Waals surface area contributed by atoms with Crippen LogP contribution in [-0.4, -0.2) is 22.4 Å². The Morgan fingerprint density at radius 3 is 2.92 bits per heavy atom. The molecule has 0 aromatic carbocycles. The van der Waals surface area contributed by atoms with Gasteiger partial charge in [-0.2, -0.15) is 5.10 Å². The van der Waals surface area contributed by atoms with Crippen molar-refractivity contribution in [3.8, 4) is 0 Å². The van der Waals surface area contributed by atoms with Crippen molar-refractivity contribution in [2.24, 2.45) is 7.05 Å². The molecular weight excluding hydrogens is 170 g/mol.